The Morgan fingerprint density at radius 2 is 2.03 bits per heavy atom. The van der Waals surface area contributed by atoms with Crippen molar-refractivity contribution >= 4 is 63.1 Å². The molecule has 0 unspecified atom stereocenters. The standard InChI is InChI=1S/C23H21ClN6O4S/c1-2-14-17(24)16-19(27-14)28-23(29-20(16)30-6-5-11(25)9-30)35-12-4-3-10-7-13(21(31)32)18(22(33)34)26-15(10)8-12/h3-4,7-8,11H,2,5-6,9,25H2,1H3,(H,31,32)(H,33,34)(H,27,28,29)/t11-/m1/s1. The summed E-state index contributed by atoms with van der Waals surface area (Å²) in [6.45, 7) is 3.45. The molecule has 0 radical (unpaired) electrons. The summed E-state index contributed by atoms with van der Waals surface area (Å²) in [6, 6.07) is 6.55. The molecule has 1 fully saturated rings. The van der Waals surface area contributed by atoms with Crippen molar-refractivity contribution in [1.82, 2.24) is 19.9 Å². The highest BCUT2D eigenvalue weighted by atomic mass is 35.5. The van der Waals surface area contributed by atoms with Gasteiger partial charge < -0.3 is 25.8 Å². The second-order valence-electron chi connectivity index (χ2n) is 8.27. The van der Waals surface area contributed by atoms with Crippen molar-refractivity contribution in [2.75, 3.05) is 18.0 Å². The van der Waals surface area contributed by atoms with Crippen molar-refractivity contribution < 1.29 is 19.8 Å². The number of aromatic carboxylic acids is 2. The number of nitrogens with one attached hydrogen (secondary N) is 1. The summed E-state index contributed by atoms with van der Waals surface area (Å²) in [7, 11) is 0. The lowest BCUT2D eigenvalue weighted by Gasteiger charge is -2.18. The fourth-order valence-corrected chi connectivity index (χ4v) is 5.35. The Hall–Kier alpha value is -3.41. The summed E-state index contributed by atoms with van der Waals surface area (Å²) in [5.74, 6) is -2.02. The molecule has 1 aliphatic heterocycles. The zero-order valence-corrected chi connectivity index (χ0v) is 20.2. The molecule has 1 saturated heterocycles. The van der Waals surface area contributed by atoms with Gasteiger partial charge in [-0.25, -0.2) is 24.5 Å². The maximum atomic E-state index is 11.5. The van der Waals surface area contributed by atoms with E-state index in [0.29, 0.717) is 33.3 Å². The van der Waals surface area contributed by atoms with Gasteiger partial charge in [0.25, 0.3) is 0 Å². The summed E-state index contributed by atoms with van der Waals surface area (Å²) in [5, 5.41) is 21.1. The van der Waals surface area contributed by atoms with E-state index < -0.39 is 17.6 Å². The Kier molecular flexibility index (Phi) is 5.99. The smallest absolute Gasteiger partial charge is 0.355 e. The van der Waals surface area contributed by atoms with Gasteiger partial charge in [-0.05, 0) is 42.8 Å². The number of carbonyl (C=O) groups is 2. The maximum Gasteiger partial charge on any atom is 0.355 e. The average Bonchev–Trinajstić information content (AvgIpc) is 3.40. The van der Waals surface area contributed by atoms with Gasteiger partial charge in [-0.1, -0.05) is 24.6 Å². The van der Waals surface area contributed by atoms with Crippen molar-refractivity contribution in [3.63, 3.8) is 0 Å². The van der Waals surface area contributed by atoms with E-state index in [-0.39, 0.29) is 11.6 Å². The van der Waals surface area contributed by atoms with Crippen molar-refractivity contribution in [1.29, 1.82) is 0 Å². The molecule has 0 bridgehead atoms. The highest BCUT2D eigenvalue weighted by Crippen LogP contribution is 2.38. The number of hydrogen-bond acceptors (Lipinski definition) is 8. The van der Waals surface area contributed by atoms with Gasteiger partial charge in [0.1, 0.15) is 11.5 Å². The molecule has 35 heavy (non-hydrogen) atoms. The number of carboxylic acid groups (broad SMARTS) is 2. The molecule has 5 N–H and O–H groups in total. The number of hydrogen-bond donors (Lipinski definition) is 4. The molecule has 0 aliphatic carbocycles. The Balaban J connectivity index is 1.58. The Morgan fingerprint density at radius 1 is 1.23 bits per heavy atom. The van der Waals surface area contributed by atoms with Crippen LogP contribution in [0.25, 0.3) is 21.9 Å². The number of fused-ring (bicyclic) bond motifs is 2. The number of pyridine rings is 1. The predicted molar refractivity (Wildman–Crippen MR) is 133 cm³/mol. The van der Waals surface area contributed by atoms with Crippen LogP contribution in [0.15, 0.2) is 34.3 Å². The number of rotatable bonds is 6. The lowest BCUT2D eigenvalue weighted by molar-refractivity contribution is 0.0647. The van der Waals surface area contributed by atoms with E-state index in [1.807, 2.05) is 6.92 Å². The van der Waals surface area contributed by atoms with E-state index in [0.717, 1.165) is 41.2 Å². The van der Waals surface area contributed by atoms with Crippen LogP contribution in [-0.2, 0) is 6.42 Å². The lowest BCUT2D eigenvalue weighted by Crippen LogP contribution is -2.27. The quantitative estimate of drug-likeness (QED) is 0.280. The zero-order valence-electron chi connectivity index (χ0n) is 18.6. The third-order valence-corrected chi connectivity index (χ3v) is 7.20. The number of aromatic nitrogens is 4. The van der Waals surface area contributed by atoms with E-state index >= 15 is 0 Å². The minimum atomic E-state index is -1.40. The van der Waals surface area contributed by atoms with Gasteiger partial charge in [0.2, 0.25) is 0 Å². The molecule has 1 aromatic carbocycles. The van der Waals surface area contributed by atoms with Crippen molar-refractivity contribution in [2.45, 2.75) is 35.9 Å². The third-order valence-electron chi connectivity index (χ3n) is 5.93. The molecule has 5 rings (SSSR count). The van der Waals surface area contributed by atoms with Crippen LogP contribution in [0, 0.1) is 0 Å². The van der Waals surface area contributed by atoms with Crippen LogP contribution in [0.1, 0.15) is 39.9 Å². The first kappa shape index (κ1) is 23.3. The van der Waals surface area contributed by atoms with Crippen LogP contribution in [0.5, 0.6) is 0 Å². The van der Waals surface area contributed by atoms with Crippen LogP contribution >= 0.6 is 23.4 Å². The van der Waals surface area contributed by atoms with Crippen LogP contribution in [0.4, 0.5) is 5.82 Å². The van der Waals surface area contributed by atoms with Crippen LogP contribution in [0.2, 0.25) is 5.02 Å². The molecule has 12 heteroatoms. The summed E-state index contributed by atoms with van der Waals surface area (Å²) in [5.41, 5.74) is 7.15. The second kappa shape index (κ2) is 8.99. The number of carboxylic acids is 2. The number of nitrogens with zero attached hydrogens (tertiary/aromatic N) is 4. The molecule has 180 valence electrons. The first-order valence-electron chi connectivity index (χ1n) is 10.9. The van der Waals surface area contributed by atoms with Crippen LogP contribution in [-0.4, -0.2) is 61.2 Å². The molecular formula is C23H21ClN6O4S. The average molecular weight is 513 g/mol. The number of halogens is 1. The number of nitrogens with two attached hydrogens (primary N) is 1. The Bertz CT molecular complexity index is 1510. The number of benzene rings is 1. The zero-order chi connectivity index (χ0) is 24.9. The number of H-pyrrole nitrogens is 1. The molecule has 1 aliphatic rings. The van der Waals surface area contributed by atoms with Crippen LogP contribution in [0.3, 0.4) is 0 Å². The fraction of sp³-hybridized carbons (Fsp3) is 0.261. The van der Waals surface area contributed by atoms with Crippen LogP contribution < -0.4 is 10.6 Å². The van der Waals surface area contributed by atoms with Gasteiger partial charge in [0.15, 0.2) is 10.9 Å². The highest BCUT2D eigenvalue weighted by molar-refractivity contribution is 7.99. The van der Waals surface area contributed by atoms with E-state index in [4.69, 9.17) is 22.3 Å². The third kappa shape index (κ3) is 4.26. The molecule has 4 aromatic rings. The number of anilines is 1. The lowest BCUT2D eigenvalue weighted by atomic mass is 10.1. The molecule has 0 saturated carbocycles. The Morgan fingerprint density at radius 3 is 2.69 bits per heavy atom. The van der Waals surface area contributed by atoms with Crippen molar-refractivity contribution in [3.05, 3.63) is 46.2 Å². The van der Waals surface area contributed by atoms with Crippen molar-refractivity contribution in [3.8, 4) is 0 Å². The van der Waals surface area contributed by atoms with Gasteiger partial charge in [-0.15, -0.1) is 0 Å². The first-order chi connectivity index (χ1) is 16.7. The van der Waals surface area contributed by atoms with E-state index in [2.05, 4.69) is 19.9 Å². The first-order valence-corrected chi connectivity index (χ1v) is 12.1. The second-order valence-corrected chi connectivity index (χ2v) is 9.69. The van der Waals surface area contributed by atoms with Gasteiger partial charge in [-0.3, -0.25) is 0 Å². The minimum Gasteiger partial charge on any atom is -0.478 e. The highest BCUT2D eigenvalue weighted by Gasteiger charge is 2.26. The molecule has 0 spiro atoms. The molecule has 0 amide bonds. The number of aryl methyl sites for hydroxylation is 1. The molecular weight excluding hydrogens is 492 g/mol. The van der Waals surface area contributed by atoms with E-state index in [1.165, 1.54) is 17.8 Å². The van der Waals surface area contributed by atoms with Gasteiger partial charge in [0.05, 0.1) is 21.5 Å². The SMILES string of the molecule is CCc1[nH]c2nc(Sc3ccc4cc(C(=O)O)c(C(=O)O)nc4c3)nc(N3CC[C@@H](N)C3)c2c1Cl. The van der Waals surface area contributed by atoms with E-state index in [9.17, 15) is 19.8 Å². The monoisotopic (exact) mass is 512 g/mol. The fourth-order valence-electron chi connectivity index (χ4n) is 4.21. The van der Waals surface area contributed by atoms with E-state index in [1.54, 1.807) is 18.2 Å². The topological polar surface area (TPSA) is 158 Å². The van der Waals surface area contributed by atoms with Gasteiger partial charge in [0, 0.05) is 35.1 Å². The van der Waals surface area contributed by atoms with Gasteiger partial charge in [-0.2, -0.15) is 0 Å². The Labute approximate surface area is 208 Å². The summed E-state index contributed by atoms with van der Waals surface area (Å²) >= 11 is 7.95. The van der Waals surface area contributed by atoms with Crippen molar-refractivity contribution in [2.24, 2.45) is 5.73 Å². The predicted octanol–water partition coefficient (Wildman–Crippen LogP) is 3.81. The molecule has 10 nitrogen and oxygen atoms in total. The number of aromatic amines is 1. The maximum absolute atomic E-state index is 11.5. The largest absolute Gasteiger partial charge is 0.478 e. The molecule has 3 aromatic heterocycles. The molecule has 4 heterocycles. The van der Waals surface area contributed by atoms with Gasteiger partial charge >= 0.3 is 11.9 Å². The minimum absolute atomic E-state index is 0.0603. The molecule has 1 atom stereocenters. The summed E-state index contributed by atoms with van der Waals surface area (Å²) in [6.07, 6.45) is 1.58. The summed E-state index contributed by atoms with van der Waals surface area (Å²) < 4.78 is 0. The summed E-state index contributed by atoms with van der Waals surface area (Å²) in [4.78, 5) is 42.7. The normalized spacial score (nSPS) is 15.9.